The molecule has 2 heteroatoms. The summed E-state index contributed by atoms with van der Waals surface area (Å²) in [6, 6.07) is 54.6. The van der Waals surface area contributed by atoms with Gasteiger partial charge in [0.25, 0.3) is 0 Å². The number of pyridine rings is 1. The van der Waals surface area contributed by atoms with Crippen molar-refractivity contribution >= 4 is 0 Å². The van der Waals surface area contributed by atoms with Crippen molar-refractivity contribution in [2.24, 2.45) is 5.73 Å². The van der Waals surface area contributed by atoms with Crippen molar-refractivity contribution in [1.29, 1.82) is 0 Å². The first-order valence-corrected chi connectivity index (χ1v) is 13.3. The van der Waals surface area contributed by atoms with Crippen LogP contribution >= 0.6 is 0 Å². The molecule has 2 nitrogen and oxygen atoms in total. The van der Waals surface area contributed by atoms with Crippen LogP contribution in [0.4, 0.5) is 0 Å². The van der Waals surface area contributed by atoms with E-state index >= 15 is 0 Å². The molecule has 0 spiro atoms. The zero-order chi connectivity index (χ0) is 26.7. The highest BCUT2D eigenvalue weighted by molar-refractivity contribution is 5.76. The second kappa shape index (κ2) is 13.1. The molecule has 0 amide bonds. The molecule has 0 atom stereocenters. The average Bonchev–Trinajstić information content (AvgIpc) is 3.03. The lowest BCUT2D eigenvalue weighted by molar-refractivity contribution is 1.07. The summed E-state index contributed by atoms with van der Waals surface area (Å²) in [5.74, 6) is 0. The summed E-state index contributed by atoms with van der Waals surface area (Å²) in [4.78, 5) is 4.97. The summed E-state index contributed by atoms with van der Waals surface area (Å²) >= 11 is 0. The highest BCUT2D eigenvalue weighted by Crippen LogP contribution is 2.30. The highest BCUT2D eigenvalue weighted by atomic mass is 14.7. The van der Waals surface area contributed by atoms with Crippen molar-refractivity contribution in [2.45, 2.75) is 13.0 Å². The SMILES string of the molecule is NCc1ccccc1.c1ccc(Cc2ccc(-c3cc(-c4ccccc4)nc(-c4ccccc4)c3)cc2)cc1. The molecular formula is C37H32N2. The molecule has 0 saturated carbocycles. The molecule has 190 valence electrons. The lowest BCUT2D eigenvalue weighted by Gasteiger charge is -2.11. The summed E-state index contributed by atoms with van der Waals surface area (Å²) in [6.07, 6.45) is 0.946. The van der Waals surface area contributed by atoms with E-state index < -0.39 is 0 Å². The third kappa shape index (κ3) is 7.16. The predicted molar refractivity (Wildman–Crippen MR) is 164 cm³/mol. The molecule has 0 unspecified atom stereocenters. The van der Waals surface area contributed by atoms with Crippen LogP contribution in [0.3, 0.4) is 0 Å². The largest absolute Gasteiger partial charge is 0.326 e. The monoisotopic (exact) mass is 504 g/mol. The Morgan fingerprint density at radius 3 is 1.23 bits per heavy atom. The molecule has 2 N–H and O–H groups in total. The van der Waals surface area contributed by atoms with Crippen LogP contribution in [0.25, 0.3) is 33.6 Å². The Bertz CT molecular complexity index is 1500. The minimum Gasteiger partial charge on any atom is -0.326 e. The Morgan fingerprint density at radius 2 is 0.795 bits per heavy atom. The maximum Gasteiger partial charge on any atom is 0.0715 e. The van der Waals surface area contributed by atoms with E-state index in [0.29, 0.717) is 6.54 Å². The summed E-state index contributed by atoms with van der Waals surface area (Å²) in [6.45, 7) is 0.640. The van der Waals surface area contributed by atoms with E-state index in [9.17, 15) is 0 Å². The van der Waals surface area contributed by atoms with E-state index in [1.807, 2.05) is 42.5 Å². The fourth-order valence-corrected chi connectivity index (χ4v) is 4.47. The minimum atomic E-state index is 0.640. The topological polar surface area (TPSA) is 38.9 Å². The Morgan fingerprint density at radius 1 is 0.385 bits per heavy atom. The van der Waals surface area contributed by atoms with Crippen molar-refractivity contribution in [1.82, 2.24) is 4.98 Å². The van der Waals surface area contributed by atoms with Crippen LogP contribution in [0.2, 0.25) is 0 Å². The lowest BCUT2D eigenvalue weighted by Crippen LogP contribution is -1.94. The summed E-state index contributed by atoms with van der Waals surface area (Å²) < 4.78 is 0. The first-order valence-electron chi connectivity index (χ1n) is 13.3. The molecule has 1 aromatic heterocycles. The number of nitrogens with zero attached hydrogens (tertiary/aromatic N) is 1. The van der Waals surface area contributed by atoms with Gasteiger partial charge in [-0.25, -0.2) is 4.98 Å². The van der Waals surface area contributed by atoms with Gasteiger partial charge >= 0.3 is 0 Å². The molecule has 0 saturated heterocycles. The average molecular weight is 505 g/mol. The van der Waals surface area contributed by atoms with Crippen LogP contribution < -0.4 is 5.73 Å². The first-order chi connectivity index (χ1) is 19.3. The van der Waals surface area contributed by atoms with Crippen LogP contribution in [-0.4, -0.2) is 4.98 Å². The standard InChI is InChI=1S/C30H23N.C7H9N/c1-4-10-23(11-5-1)20-24-16-18-25(19-17-24)28-21-29(26-12-6-2-7-13-26)31-30(22-28)27-14-8-3-9-15-27;8-6-7-4-2-1-3-5-7/h1-19,21-22H,20H2;1-5H,6,8H2. The normalized spacial score (nSPS) is 10.4. The number of benzene rings is 5. The molecule has 0 aliphatic carbocycles. The van der Waals surface area contributed by atoms with Crippen LogP contribution in [0, 0.1) is 0 Å². The van der Waals surface area contributed by atoms with E-state index in [-0.39, 0.29) is 0 Å². The van der Waals surface area contributed by atoms with Gasteiger partial charge in [-0.1, -0.05) is 146 Å². The van der Waals surface area contributed by atoms with E-state index in [1.54, 1.807) is 0 Å². The van der Waals surface area contributed by atoms with E-state index in [1.165, 1.54) is 27.8 Å². The van der Waals surface area contributed by atoms with Crippen molar-refractivity contribution < 1.29 is 0 Å². The van der Waals surface area contributed by atoms with Crippen molar-refractivity contribution in [3.05, 3.63) is 174 Å². The third-order valence-electron chi connectivity index (χ3n) is 6.58. The summed E-state index contributed by atoms with van der Waals surface area (Å²) in [5, 5.41) is 0. The van der Waals surface area contributed by atoms with Gasteiger partial charge in [0.05, 0.1) is 11.4 Å². The smallest absolute Gasteiger partial charge is 0.0715 e. The van der Waals surface area contributed by atoms with Crippen LogP contribution in [0.1, 0.15) is 16.7 Å². The van der Waals surface area contributed by atoms with Crippen molar-refractivity contribution in [3.63, 3.8) is 0 Å². The second-order valence-corrected chi connectivity index (χ2v) is 9.41. The molecule has 0 fully saturated rings. The van der Waals surface area contributed by atoms with Gasteiger partial charge in [0.2, 0.25) is 0 Å². The molecule has 0 radical (unpaired) electrons. The number of aromatic nitrogens is 1. The van der Waals surface area contributed by atoms with Gasteiger partial charge in [-0.15, -0.1) is 0 Å². The van der Waals surface area contributed by atoms with E-state index in [4.69, 9.17) is 10.7 Å². The van der Waals surface area contributed by atoms with Gasteiger partial charge in [0.1, 0.15) is 0 Å². The number of hydrogen-bond donors (Lipinski definition) is 1. The zero-order valence-electron chi connectivity index (χ0n) is 21.9. The third-order valence-corrected chi connectivity index (χ3v) is 6.58. The summed E-state index contributed by atoms with van der Waals surface area (Å²) in [5.41, 5.74) is 15.8. The molecule has 5 aromatic carbocycles. The van der Waals surface area contributed by atoms with Crippen LogP contribution in [0.15, 0.2) is 158 Å². The highest BCUT2D eigenvalue weighted by Gasteiger charge is 2.09. The van der Waals surface area contributed by atoms with Gasteiger partial charge in [-0.2, -0.15) is 0 Å². The van der Waals surface area contributed by atoms with Crippen LogP contribution in [0.5, 0.6) is 0 Å². The molecule has 1 heterocycles. The van der Waals surface area contributed by atoms with Crippen molar-refractivity contribution in [2.75, 3.05) is 0 Å². The fraction of sp³-hybridized carbons (Fsp3) is 0.0541. The van der Waals surface area contributed by atoms with Gasteiger partial charge in [-0.05, 0) is 46.4 Å². The molecular weight excluding hydrogens is 472 g/mol. The van der Waals surface area contributed by atoms with Gasteiger partial charge in [0, 0.05) is 17.7 Å². The molecule has 0 bridgehead atoms. The summed E-state index contributed by atoms with van der Waals surface area (Å²) in [7, 11) is 0. The second-order valence-electron chi connectivity index (χ2n) is 9.41. The predicted octanol–water partition coefficient (Wildman–Crippen LogP) is 8.82. The van der Waals surface area contributed by atoms with Gasteiger partial charge < -0.3 is 5.73 Å². The fourth-order valence-electron chi connectivity index (χ4n) is 4.47. The van der Waals surface area contributed by atoms with Crippen molar-refractivity contribution in [3.8, 4) is 33.6 Å². The number of rotatable bonds is 6. The first kappa shape index (κ1) is 25.8. The molecule has 39 heavy (non-hydrogen) atoms. The molecule has 0 aliphatic rings. The molecule has 0 aliphatic heterocycles. The Kier molecular flexibility index (Phi) is 8.71. The van der Waals surface area contributed by atoms with Gasteiger partial charge in [-0.3, -0.25) is 0 Å². The van der Waals surface area contributed by atoms with Gasteiger partial charge in [0.15, 0.2) is 0 Å². The molecule has 6 rings (SSSR count). The van der Waals surface area contributed by atoms with E-state index in [0.717, 1.165) is 28.9 Å². The maximum absolute atomic E-state index is 5.35. The Balaban J connectivity index is 0.000000332. The number of hydrogen-bond acceptors (Lipinski definition) is 2. The van der Waals surface area contributed by atoms with Crippen LogP contribution in [-0.2, 0) is 13.0 Å². The quantitative estimate of drug-likeness (QED) is 0.246. The zero-order valence-corrected chi connectivity index (χ0v) is 21.9. The minimum absolute atomic E-state index is 0.640. The lowest BCUT2D eigenvalue weighted by atomic mass is 9.98. The maximum atomic E-state index is 5.35. The number of nitrogens with two attached hydrogens (primary N) is 1. The Labute approximate surface area is 231 Å². The Hall–Kier alpha value is -4.79. The van der Waals surface area contributed by atoms with E-state index in [2.05, 4.69) is 115 Å². The molecule has 6 aromatic rings.